The van der Waals surface area contributed by atoms with Crippen LogP contribution in [0.2, 0.25) is 0 Å². The number of carbonyl (C=O) groups is 1. The highest BCUT2D eigenvalue weighted by Crippen LogP contribution is 2.26. The Morgan fingerprint density at radius 2 is 1.88 bits per heavy atom. The summed E-state index contributed by atoms with van der Waals surface area (Å²) in [6.45, 7) is 0.446. The predicted molar refractivity (Wildman–Crippen MR) is 98.4 cm³/mol. The van der Waals surface area contributed by atoms with Crippen molar-refractivity contribution in [3.8, 4) is 11.5 Å². The second-order valence-electron chi connectivity index (χ2n) is 5.48. The lowest BCUT2D eigenvalue weighted by atomic mass is 10.2. The van der Waals surface area contributed by atoms with Gasteiger partial charge in [-0.1, -0.05) is 24.3 Å². The zero-order valence-corrected chi connectivity index (χ0v) is 14.1. The van der Waals surface area contributed by atoms with Gasteiger partial charge in [0, 0.05) is 12.2 Å². The minimum atomic E-state index is -0.324. The molecule has 0 radical (unpaired) electrons. The molecule has 1 heterocycles. The molecular formula is C19H18N4O3. The van der Waals surface area contributed by atoms with Crippen molar-refractivity contribution in [3.05, 3.63) is 71.9 Å². The molecule has 3 aromatic rings. The van der Waals surface area contributed by atoms with Crippen LogP contribution >= 0.6 is 0 Å². The van der Waals surface area contributed by atoms with Crippen LogP contribution in [-0.4, -0.2) is 28.3 Å². The van der Waals surface area contributed by atoms with E-state index in [1.54, 1.807) is 36.4 Å². The lowest BCUT2D eigenvalue weighted by molar-refractivity contribution is 0.102. The Labute approximate surface area is 150 Å². The van der Waals surface area contributed by atoms with Crippen LogP contribution in [0.4, 0.5) is 11.5 Å². The normalized spacial score (nSPS) is 10.2. The first-order valence-corrected chi connectivity index (χ1v) is 7.95. The van der Waals surface area contributed by atoms with Gasteiger partial charge in [0.1, 0.15) is 5.82 Å². The molecule has 0 aliphatic carbocycles. The number of phenols is 1. The van der Waals surface area contributed by atoms with Gasteiger partial charge in [-0.2, -0.15) is 0 Å². The molecule has 0 aliphatic rings. The number of rotatable bonds is 6. The van der Waals surface area contributed by atoms with Crippen LogP contribution in [0.3, 0.4) is 0 Å². The fraction of sp³-hybridized carbons (Fsp3) is 0.105. The topological polar surface area (TPSA) is 96.4 Å². The highest BCUT2D eigenvalue weighted by Gasteiger charge is 2.09. The molecule has 3 rings (SSSR count). The molecule has 0 aliphatic heterocycles. The molecule has 1 amide bonds. The van der Waals surface area contributed by atoms with E-state index in [0.717, 1.165) is 5.56 Å². The van der Waals surface area contributed by atoms with Crippen molar-refractivity contribution in [2.24, 2.45) is 0 Å². The van der Waals surface area contributed by atoms with Crippen LogP contribution in [0.1, 0.15) is 16.1 Å². The summed E-state index contributed by atoms with van der Waals surface area (Å²) in [5, 5.41) is 23.6. The second kappa shape index (κ2) is 7.98. The Bertz CT molecular complexity index is 883. The summed E-state index contributed by atoms with van der Waals surface area (Å²) >= 11 is 0. The van der Waals surface area contributed by atoms with E-state index in [1.165, 1.54) is 7.11 Å². The number of phenolic OH excluding ortho intramolecular Hbond substituents is 1. The van der Waals surface area contributed by atoms with Crippen molar-refractivity contribution in [1.82, 2.24) is 10.2 Å². The fourth-order valence-corrected chi connectivity index (χ4v) is 2.30. The highest BCUT2D eigenvalue weighted by molar-refractivity contribution is 6.02. The minimum absolute atomic E-state index is 0.0748. The number of para-hydroxylation sites is 1. The molecule has 0 bridgehead atoms. The van der Waals surface area contributed by atoms with E-state index in [0.29, 0.717) is 23.8 Å². The summed E-state index contributed by atoms with van der Waals surface area (Å²) in [5.41, 5.74) is 1.78. The number of benzene rings is 2. The van der Waals surface area contributed by atoms with Gasteiger partial charge in [0.05, 0.1) is 7.11 Å². The third-order valence-electron chi connectivity index (χ3n) is 3.65. The molecule has 0 saturated heterocycles. The van der Waals surface area contributed by atoms with Gasteiger partial charge in [0.15, 0.2) is 17.2 Å². The number of hydrogen-bond donors (Lipinski definition) is 3. The van der Waals surface area contributed by atoms with Crippen molar-refractivity contribution in [1.29, 1.82) is 0 Å². The molecule has 1 aromatic heterocycles. The van der Waals surface area contributed by atoms with Gasteiger partial charge in [-0.25, -0.2) is 0 Å². The van der Waals surface area contributed by atoms with Crippen molar-refractivity contribution < 1.29 is 14.6 Å². The first-order chi connectivity index (χ1) is 12.7. The van der Waals surface area contributed by atoms with E-state index in [2.05, 4.69) is 20.8 Å². The number of aromatic hydroxyl groups is 1. The molecule has 0 unspecified atom stereocenters. The SMILES string of the molecule is COc1ccc(CNc2ccc(C(=O)Nc3ccccc3)nn2)cc1O. The van der Waals surface area contributed by atoms with Gasteiger partial charge in [0.25, 0.3) is 5.91 Å². The Morgan fingerprint density at radius 3 is 2.54 bits per heavy atom. The van der Waals surface area contributed by atoms with Crippen LogP contribution in [0.15, 0.2) is 60.7 Å². The maximum absolute atomic E-state index is 12.1. The molecule has 0 atom stereocenters. The molecule has 7 heteroatoms. The summed E-state index contributed by atoms with van der Waals surface area (Å²) in [7, 11) is 1.50. The van der Waals surface area contributed by atoms with Crippen LogP contribution < -0.4 is 15.4 Å². The summed E-state index contributed by atoms with van der Waals surface area (Å²) < 4.78 is 5.01. The Hall–Kier alpha value is -3.61. The van der Waals surface area contributed by atoms with Crippen molar-refractivity contribution >= 4 is 17.4 Å². The Morgan fingerprint density at radius 1 is 1.08 bits per heavy atom. The zero-order chi connectivity index (χ0) is 18.4. The van der Waals surface area contributed by atoms with Gasteiger partial charge < -0.3 is 20.5 Å². The largest absolute Gasteiger partial charge is 0.504 e. The number of aromatic nitrogens is 2. The molecule has 26 heavy (non-hydrogen) atoms. The number of methoxy groups -OCH3 is 1. The van der Waals surface area contributed by atoms with E-state index in [9.17, 15) is 9.90 Å². The molecule has 0 spiro atoms. The van der Waals surface area contributed by atoms with E-state index >= 15 is 0 Å². The van der Waals surface area contributed by atoms with E-state index in [4.69, 9.17) is 4.74 Å². The monoisotopic (exact) mass is 350 g/mol. The number of hydrogen-bond acceptors (Lipinski definition) is 6. The maximum atomic E-state index is 12.1. The molecule has 2 aromatic carbocycles. The number of nitrogens with zero attached hydrogens (tertiary/aromatic N) is 2. The molecule has 3 N–H and O–H groups in total. The van der Waals surface area contributed by atoms with E-state index < -0.39 is 0 Å². The van der Waals surface area contributed by atoms with Crippen molar-refractivity contribution in [3.63, 3.8) is 0 Å². The van der Waals surface area contributed by atoms with Gasteiger partial charge in [-0.05, 0) is 42.0 Å². The molecule has 7 nitrogen and oxygen atoms in total. The second-order valence-corrected chi connectivity index (χ2v) is 5.48. The highest BCUT2D eigenvalue weighted by atomic mass is 16.5. The van der Waals surface area contributed by atoms with Gasteiger partial charge >= 0.3 is 0 Å². The molecule has 0 fully saturated rings. The van der Waals surface area contributed by atoms with E-state index in [-0.39, 0.29) is 17.4 Å². The fourth-order valence-electron chi connectivity index (χ4n) is 2.30. The summed E-state index contributed by atoms with van der Waals surface area (Å²) in [5.74, 6) is 0.694. The maximum Gasteiger partial charge on any atom is 0.276 e. The zero-order valence-electron chi connectivity index (χ0n) is 14.1. The Balaban J connectivity index is 1.59. The first-order valence-electron chi connectivity index (χ1n) is 7.95. The number of nitrogens with one attached hydrogen (secondary N) is 2. The smallest absolute Gasteiger partial charge is 0.276 e. The van der Waals surface area contributed by atoms with Gasteiger partial charge in [-0.3, -0.25) is 4.79 Å². The van der Waals surface area contributed by atoms with Crippen molar-refractivity contribution in [2.75, 3.05) is 17.7 Å². The number of anilines is 2. The lowest BCUT2D eigenvalue weighted by Crippen LogP contribution is -2.14. The summed E-state index contributed by atoms with van der Waals surface area (Å²) in [6.07, 6.45) is 0. The molecule has 0 saturated carbocycles. The lowest BCUT2D eigenvalue weighted by Gasteiger charge is -2.08. The first kappa shape index (κ1) is 17.2. The Kier molecular flexibility index (Phi) is 5.28. The third kappa shape index (κ3) is 4.27. The molecule has 132 valence electrons. The van der Waals surface area contributed by atoms with Gasteiger partial charge in [0.2, 0.25) is 0 Å². The number of carbonyl (C=O) groups excluding carboxylic acids is 1. The van der Waals surface area contributed by atoms with E-state index in [1.807, 2.05) is 24.3 Å². The number of ether oxygens (including phenoxy) is 1. The van der Waals surface area contributed by atoms with Crippen molar-refractivity contribution in [2.45, 2.75) is 6.54 Å². The third-order valence-corrected chi connectivity index (χ3v) is 3.65. The summed E-state index contributed by atoms with van der Waals surface area (Å²) in [6, 6.07) is 17.6. The predicted octanol–water partition coefficient (Wildman–Crippen LogP) is 3.06. The summed E-state index contributed by atoms with van der Waals surface area (Å²) in [4.78, 5) is 12.1. The average molecular weight is 350 g/mol. The molecular weight excluding hydrogens is 332 g/mol. The quantitative estimate of drug-likeness (QED) is 0.632. The van der Waals surface area contributed by atoms with Gasteiger partial charge in [-0.15, -0.1) is 10.2 Å². The number of amides is 1. The van der Waals surface area contributed by atoms with Crippen LogP contribution in [-0.2, 0) is 6.54 Å². The van der Waals surface area contributed by atoms with Crippen LogP contribution in [0, 0.1) is 0 Å². The average Bonchev–Trinajstić information content (AvgIpc) is 2.67. The van der Waals surface area contributed by atoms with Crippen LogP contribution in [0.25, 0.3) is 0 Å². The van der Waals surface area contributed by atoms with Crippen LogP contribution in [0.5, 0.6) is 11.5 Å². The minimum Gasteiger partial charge on any atom is -0.504 e. The standard InChI is InChI=1S/C19H18N4O3/c1-26-17-9-7-13(11-16(17)24)12-20-18-10-8-15(22-23-18)19(25)21-14-5-3-2-4-6-14/h2-11,24H,12H2,1H3,(H,20,23)(H,21,25).